The Labute approximate surface area is 113 Å². The molecule has 0 radical (unpaired) electrons. The van der Waals surface area contributed by atoms with Gasteiger partial charge in [0.25, 0.3) is 0 Å². The molecular weight excluding hydrogens is 269 g/mol. The molecule has 0 aliphatic heterocycles. The molecule has 4 nitrogen and oxygen atoms in total. The van der Waals surface area contributed by atoms with Gasteiger partial charge in [-0.1, -0.05) is 11.6 Å². The molecule has 19 heavy (non-hydrogen) atoms. The third kappa shape index (κ3) is 2.02. The molecule has 96 valence electrons. The zero-order chi connectivity index (χ0) is 13.4. The van der Waals surface area contributed by atoms with Crippen molar-refractivity contribution in [3.8, 4) is 16.9 Å². The number of fused-ring (bicyclic) bond motifs is 1. The van der Waals surface area contributed by atoms with Gasteiger partial charge in [0.15, 0.2) is 11.5 Å². The fraction of sp³-hybridized carbons (Fsp3) is 0.0769. The zero-order valence-electron chi connectivity index (χ0n) is 9.97. The van der Waals surface area contributed by atoms with Crippen molar-refractivity contribution in [3.05, 3.63) is 47.9 Å². The molecule has 3 heterocycles. The number of rotatable bonds is 2. The van der Waals surface area contributed by atoms with Crippen molar-refractivity contribution in [2.24, 2.45) is 0 Å². The Bertz CT molecular complexity index is 757. The lowest BCUT2D eigenvalue weighted by Crippen LogP contribution is -1.94. The Balaban J connectivity index is 2.26. The van der Waals surface area contributed by atoms with E-state index in [1.165, 1.54) is 19.4 Å². The van der Waals surface area contributed by atoms with Crippen molar-refractivity contribution in [2.75, 3.05) is 7.11 Å². The van der Waals surface area contributed by atoms with Gasteiger partial charge in [0.2, 0.25) is 0 Å². The van der Waals surface area contributed by atoms with Crippen molar-refractivity contribution in [1.82, 2.24) is 14.4 Å². The molecule has 0 amide bonds. The van der Waals surface area contributed by atoms with Crippen LogP contribution < -0.4 is 4.74 Å². The number of halogens is 2. The maximum Gasteiger partial charge on any atom is 0.173 e. The zero-order valence-corrected chi connectivity index (χ0v) is 10.7. The minimum Gasteiger partial charge on any atom is -0.494 e. The Hall–Kier alpha value is -2.14. The van der Waals surface area contributed by atoms with E-state index in [2.05, 4.69) is 9.97 Å². The number of imidazole rings is 1. The first-order valence-electron chi connectivity index (χ1n) is 5.51. The van der Waals surface area contributed by atoms with Gasteiger partial charge in [-0.25, -0.2) is 14.4 Å². The first-order valence-corrected chi connectivity index (χ1v) is 5.89. The molecule has 0 unspecified atom stereocenters. The fourth-order valence-electron chi connectivity index (χ4n) is 1.94. The van der Waals surface area contributed by atoms with E-state index in [-0.39, 0.29) is 5.65 Å². The highest BCUT2D eigenvalue weighted by atomic mass is 35.5. The largest absolute Gasteiger partial charge is 0.494 e. The molecule has 0 aromatic carbocycles. The average molecular weight is 278 g/mol. The van der Waals surface area contributed by atoms with E-state index in [0.717, 1.165) is 0 Å². The van der Waals surface area contributed by atoms with E-state index < -0.39 is 5.82 Å². The molecule has 0 aliphatic carbocycles. The second kappa shape index (κ2) is 4.51. The molecule has 0 saturated carbocycles. The summed E-state index contributed by atoms with van der Waals surface area (Å²) in [4.78, 5) is 7.87. The lowest BCUT2D eigenvalue weighted by atomic mass is 10.1. The summed E-state index contributed by atoms with van der Waals surface area (Å²) < 4.78 is 20.8. The predicted octanol–water partition coefficient (Wildman–Crippen LogP) is 3.20. The fourth-order valence-corrected chi connectivity index (χ4v) is 2.10. The van der Waals surface area contributed by atoms with Gasteiger partial charge in [0, 0.05) is 29.7 Å². The molecule has 0 bridgehead atoms. The summed E-state index contributed by atoms with van der Waals surface area (Å²) in [5.74, 6) is 0.126. The molecule has 3 rings (SSSR count). The van der Waals surface area contributed by atoms with Crippen molar-refractivity contribution in [3.63, 3.8) is 0 Å². The summed E-state index contributed by atoms with van der Waals surface area (Å²) in [7, 11) is 1.53. The first-order chi connectivity index (χ1) is 9.19. The number of pyridine rings is 2. The Kier molecular flexibility index (Phi) is 2.83. The van der Waals surface area contributed by atoms with Crippen molar-refractivity contribution in [2.45, 2.75) is 0 Å². The molecule has 3 aromatic heterocycles. The second-order valence-electron chi connectivity index (χ2n) is 3.94. The maximum absolute atomic E-state index is 13.9. The summed E-state index contributed by atoms with van der Waals surface area (Å²) in [6.45, 7) is 0. The highest BCUT2D eigenvalue weighted by Crippen LogP contribution is 2.31. The Morgan fingerprint density at radius 3 is 2.95 bits per heavy atom. The number of hydrogen-bond acceptors (Lipinski definition) is 3. The first kappa shape index (κ1) is 11.9. The summed E-state index contributed by atoms with van der Waals surface area (Å²) in [5.41, 5.74) is 1.60. The van der Waals surface area contributed by atoms with Crippen LogP contribution in [-0.2, 0) is 0 Å². The highest BCUT2D eigenvalue weighted by molar-refractivity contribution is 6.29. The van der Waals surface area contributed by atoms with Crippen LogP contribution in [0.3, 0.4) is 0 Å². The monoisotopic (exact) mass is 277 g/mol. The molecule has 0 fully saturated rings. The maximum atomic E-state index is 13.9. The van der Waals surface area contributed by atoms with Gasteiger partial charge in [-0.15, -0.1) is 0 Å². The molecule has 3 aromatic rings. The van der Waals surface area contributed by atoms with Crippen LogP contribution in [0.5, 0.6) is 5.75 Å². The highest BCUT2D eigenvalue weighted by Gasteiger charge is 2.11. The average Bonchev–Trinajstić information content (AvgIpc) is 2.87. The van der Waals surface area contributed by atoms with Gasteiger partial charge in [0.1, 0.15) is 10.9 Å². The lowest BCUT2D eigenvalue weighted by Gasteiger charge is -2.09. The molecule has 6 heteroatoms. The van der Waals surface area contributed by atoms with E-state index in [4.69, 9.17) is 16.3 Å². The van der Waals surface area contributed by atoms with Gasteiger partial charge >= 0.3 is 0 Å². The smallest absolute Gasteiger partial charge is 0.173 e. The molecule has 0 spiro atoms. The van der Waals surface area contributed by atoms with Crippen molar-refractivity contribution < 1.29 is 9.13 Å². The van der Waals surface area contributed by atoms with Gasteiger partial charge in [-0.3, -0.25) is 0 Å². The molecule has 0 atom stereocenters. The predicted molar refractivity (Wildman–Crippen MR) is 69.9 cm³/mol. The van der Waals surface area contributed by atoms with Crippen LogP contribution >= 0.6 is 11.6 Å². The number of nitrogens with zero attached hydrogens (tertiary/aromatic N) is 3. The van der Waals surface area contributed by atoms with E-state index >= 15 is 0 Å². The van der Waals surface area contributed by atoms with Crippen LogP contribution in [0.25, 0.3) is 16.8 Å². The Morgan fingerprint density at radius 1 is 1.32 bits per heavy atom. The third-order valence-electron chi connectivity index (χ3n) is 2.81. The van der Waals surface area contributed by atoms with Crippen LogP contribution in [0.1, 0.15) is 0 Å². The van der Waals surface area contributed by atoms with Crippen LogP contribution in [0, 0.1) is 5.82 Å². The SMILES string of the molecule is COc1cnc(Cl)cc1-c1cc(F)c2nccn2c1. The van der Waals surface area contributed by atoms with Crippen LogP contribution in [0.4, 0.5) is 4.39 Å². The summed E-state index contributed by atoms with van der Waals surface area (Å²) in [6.07, 6.45) is 6.49. The standard InChI is InChI=1S/C13H9ClFN3O/c1-19-11-6-17-12(14)5-9(11)8-4-10(15)13-16-2-3-18(13)7-8/h2-7H,1H3. The third-order valence-corrected chi connectivity index (χ3v) is 3.01. The van der Waals surface area contributed by atoms with E-state index in [0.29, 0.717) is 22.0 Å². The number of methoxy groups -OCH3 is 1. The summed E-state index contributed by atoms with van der Waals surface area (Å²) in [5, 5.41) is 0.321. The van der Waals surface area contributed by atoms with E-state index in [1.807, 2.05) is 0 Å². The molecule has 0 N–H and O–H groups in total. The molecule has 0 saturated heterocycles. The minimum atomic E-state index is -0.405. The quantitative estimate of drug-likeness (QED) is 0.675. The van der Waals surface area contributed by atoms with Crippen molar-refractivity contribution >= 4 is 17.2 Å². The topological polar surface area (TPSA) is 39.4 Å². The molecule has 0 aliphatic rings. The Morgan fingerprint density at radius 2 is 2.16 bits per heavy atom. The van der Waals surface area contributed by atoms with Crippen LogP contribution in [0.15, 0.2) is 36.9 Å². The second-order valence-corrected chi connectivity index (χ2v) is 4.33. The normalized spacial score (nSPS) is 10.9. The van der Waals surface area contributed by atoms with Crippen LogP contribution in [0.2, 0.25) is 5.15 Å². The van der Waals surface area contributed by atoms with E-state index in [9.17, 15) is 4.39 Å². The van der Waals surface area contributed by atoms with Crippen molar-refractivity contribution in [1.29, 1.82) is 0 Å². The van der Waals surface area contributed by atoms with Gasteiger partial charge in [-0.05, 0) is 12.1 Å². The summed E-state index contributed by atoms with van der Waals surface area (Å²) >= 11 is 5.88. The molecular formula is C13H9ClFN3O. The minimum absolute atomic E-state index is 0.280. The number of hydrogen-bond donors (Lipinski definition) is 0. The van der Waals surface area contributed by atoms with E-state index in [1.54, 1.807) is 29.1 Å². The number of ether oxygens (including phenoxy) is 1. The van der Waals surface area contributed by atoms with Gasteiger partial charge < -0.3 is 9.14 Å². The lowest BCUT2D eigenvalue weighted by molar-refractivity contribution is 0.414. The van der Waals surface area contributed by atoms with Gasteiger partial charge in [0.05, 0.1) is 13.3 Å². The number of aromatic nitrogens is 3. The van der Waals surface area contributed by atoms with Gasteiger partial charge in [-0.2, -0.15) is 0 Å². The van der Waals surface area contributed by atoms with Crippen LogP contribution in [-0.4, -0.2) is 21.5 Å². The summed E-state index contributed by atoms with van der Waals surface area (Å²) in [6, 6.07) is 3.04.